The van der Waals surface area contributed by atoms with Gasteiger partial charge in [-0.15, -0.1) is 8.58 Å². The van der Waals surface area contributed by atoms with E-state index in [9.17, 15) is 0 Å². The van der Waals surface area contributed by atoms with Crippen LogP contribution in [0.5, 0.6) is 0 Å². The summed E-state index contributed by atoms with van der Waals surface area (Å²) >= 11 is 0. The lowest BCUT2D eigenvalue weighted by Gasteiger charge is -2.17. The molecule has 1 fully saturated rings. The van der Waals surface area contributed by atoms with E-state index in [4.69, 9.17) is 0 Å². The van der Waals surface area contributed by atoms with Gasteiger partial charge in [-0.25, -0.2) is 0 Å². The second-order valence-electron chi connectivity index (χ2n) is 3.84. The first-order chi connectivity index (χ1) is 6.42. The molecule has 1 aromatic carbocycles. The van der Waals surface area contributed by atoms with Crippen molar-refractivity contribution >= 4 is 8.58 Å². The highest BCUT2D eigenvalue weighted by molar-refractivity contribution is 7.38. The van der Waals surface area contributed by atoms with Crippen molar-refractivity contribution in [1.29, 1.82) is 0 Å². The van der Waals surface area contributed by atoms with Gasteiger partial charge < -0.3 is 0 Å². The lowest BCUT2D eigenvalue weighted by Crippen LogP contribution is -2.05. The molecule has 1 aliphatic carbocycles. The van der Waals surface area contributed by atoms with Crippen molar-refractivity contribution in [3.8, 4) is 0 Å². The van der Waals surface area contributed by atoms with Gasteiger partial charge in [0.05, 0.1) is 0 Å². The third-order valence-corrected chi connectivity index (χ3v) is 4.55. The number of rotatable bonds is 2. The standard InChI is InChI=1S/C12H17P/c1-13-12-9-5-8-11(12)10-6-3-2-4-7-10/h2-4,6-7,11-13H,5,8-9H2,1H3/t11-,12-/m1/s1. The molecule has 0 nitrogen and oxygen atoms in total. The SMILES string of the molecule is CP[C@@H]1CCC[C@@H]1c1ccccc1. The van der Waals surface area contributed by atoms with Gasteiger partial charge in [0, 0.05) is 0 Å². The summed E-state index contributed by atoms with van der Waals surface area (Å²) in [6.45, 7) is 2.35. The van der Waals surface area contributed by atoms with E-state index in [2.05, 4.69) is 37.0 Å². The molecule has 0 aromatic heterocycles. The number of benzene rings is 1. The van der Waals surface area contributed by atoms with Gasteiger partial charge in [-0.05, 0) is 36.6 Å². The van der Waals surface area contributed by atoms with E-state index in [1.165, 1.54) is 19.3 Å². The maximum atomic E-state index is 2.35. The fraction of sp³-hybridized carbons (Fsp3) is 0.500. The van der Waals surface area contributed by atoms with E-state index in [-0.39, 0.29) is 0 Å². The van der Waals surface area contributed by atoms with Crippen LogP contribution in [-0.4, -0.2) is 12.3 Å². The zero-order valence-electron chi connectivity index (χ0n) is 8.16. The van der Waals surface area contributed by atoms with E-state index < -0.39 is 0 Å². The topological polar surface area (TPSA) is 0 Å². The predicted octanol–water partition coefficient (Wildman–Crippen LogP) is 3.63. The van der Waals surface area contributed by atoms with Crippen LogP contribution < -0.4 is 0 Å². The fourth-order valence-electron chi connectivity index (χ4n) is 2.40. The van der Waals surface area contributed by atoms with Gasteiger partial charge in [0.2, 0.25) is 0 Å². The Morgan fingerprint density at radius 3 is 2.62 bits per heavy atom. The zero-order chi connectivity index (χ0) is 9.10. The predicted molar refractivity (Wildman–Crippen MR) is 61.1 cm³/mol. The molecule has 13 heavy (non-hydrogen) atoms. The number of hydrogen-bond donors (Lipinski definition) is 0. The highest BCUT2D eigenvalue weighted by Crippen LogP contribution is 2.43. The Bertz CT molecular complexity index is 255. The van der Waals surface area contributed by atoms with Gasteiger partial charge in [0.1, 0.15) is 0 Å². The average molecular weight is 192 g/mol. The molecular formula is C12H17P. The molecule has 1 aliphatic rings. The average Bonchev–Trinajstić information content (AvgIpc) is 2.67. The highest BCUT2D eigenvalue weighted by Gasteiger charge is 2.26. The minimum absolute atomic E-state index is 0.865. The van der Waals surface area contributed by atoms with Gasteiger partial charge in [0.25, 0.3) is 0 Å². The summed E-state index contributed by atoms with van der Waals surface area (Å²) in [5.74, 6) is 0.865. The van der Waals surface area contributed by atoms with Crippen LogP contribution in [0.25, 0.3) is 0 Å². The molecule has 0 N–H and O–H groups in total. The lowest BCUT2D eigenvalue weighted by molar-refractivity contribution is 0.734. The summed E-state index contributed by atoms with van der Waals surface area (Å²) in [5, 5.41) is 0. The van der Waals surface area contributed by atoms with E-state index in [1.807, 2.05) is 0 Å². The molecule has 0 radical (unpaired) electrons. The second kappa shape index (κ2) is 4.24. The van der Waals surface area contributed by atoms with Gasteiger partial charge in [-0.3, -0.25) is 0 Å². The molecule has 0 heterocycles. The zero-order valence-corrected chi connectivity index (χ0v) is 9.16. The lowest BCUT2D eigenvalue weighted by atomic mass is 9.98. The van der Waals surface area contributed by atoms with Gasteiger partial charge in [-0.1, -0.05) is 36.8 Å². The molecule has 1 aromatic rings. The maximum Gasteiger partial charge on any atom is -0.00967 e. The van der Waals surface area contributed by atoms with Gasteiger partial charge >= 0.3 is 0 Å². The van der Waals surface area contributed by atoms with E-state index >= 15 is 0 Å². The molecule has 70 valence electrons. The van der Waals surface area contributed by atoms with Crippen LogP contribution >= 0.6 is 8.58 Å². The molecular weight excluding hydrogens is 175 g/mol. The fourth-order valence-corrected chi connectivity index (χ4v) is 3.66. The van der Waals surface area contributed by atoms with Gasteiger partial charge in [0.15, 0.2) is 0 Å². The Kier molecular flexibility index (Phi) is 3.01. The van der Waals surface area contributed by atoms with Crippen LogP contribution in [0.15, 0.2) is 30.3 Å². The monoisotopic (exact) mass is 192 g/mol. The van der Waals surface area contributed by atoms with Crippen molar-refractivity contribution in [3.05, 3.63) is 35.9 Å². The summed E-state index contributed by atoms with van der Waals surface area (Å²) in [4.78, 5) is 0. The third kappa shape index (κ3) is 1.94. The summed E-state index contributed by atoms with van der Waals surface area (Å²) in [7, 11) is 1.12. The molecule has 1 saturated carbocycles. The molecule has 1 unspecified atom stereocenters. The Morgan fingerprint density at radius 2 is 1.92 bits per heavy atom. The smallest absolute Gasteiger partial charge is 0.00967 e. The summed E-state index contributed by atoms with van der Waals surface area (Å²) in [6, 6.07) is 11.0. The normalized spacial score (nSPS) is 28.7. The first-order valence-corrected chi connectivity index (χ1v) is 6.72. The van der Waals surface area contributed by atoms with Crippen LogP contribution in [-0.2, 0) is 0 Å². The maximum absolute atomic E-state index is 2.35. The summed E-state index contributed by atoms with van der Waals surface area (Å²) in [6.07, 6.45) is 4.30. The third-order valence-electron chi connectivity index (χ3n) is 3.11. The highest BCUT2D eigenvalue weighted by atomic mass is 31.1. The quantitative estimate of drug-likeness (QED) is 0.628. The van der Waals surface area contributed by atoms with E-state index in [0.29, 0.717) is 0 Å². The Balaban J connectivity index is 2.16. The van der Waals surface area contributed by atoms with Crippen LogP contribution in [0.4, 0.5) is 0 Å². The van der Waals surface area contributed by atoms with Crippen molar-refractivity contribution in [2.45, 2.75) is 30.8 Å². The van der Waals surface area contributed by atoms with Gasteiger partial charge in [-0.2, -0.15) is 0 Å². The molecule has 0 amide bonds. The van der Waals surface area contributed by atoms with Crippen LogP contribution in [0, 0.1) is 0 Å². The van der Waals surface area contributed by atoms with Crippen molar-refractivity contribution in [1.82, 2.24) is 0 Å². The number of hydrogen-bond acceptors (Lipinski definition) is 0. The molecule has 2 rings (SSSR count). The molecule has 0 spiro atoms. The Hall–Kier alpha value is -0.350. The van der Waals surface area contributed by atoms with Crippen molar-refractivity contribution in [3.63, 3.8) is 0 Å². The second-order valence-corrected chi connectivity index (χ2v) is 5.16. The van der Waals surface area contributed by atoms with Crippen LogP contribution in [0.2, 0.25) is 0 Å². The minimum Gasteiger partial charge on any atom is -0.121 e. The first-order valence-electron chi connectivity index (χ1n) is 5.14. The minimum atomic E-state index is 0.865. The van der Waals surface area contributed by atoms with Crippen molar-refractivity contribution in [2.24, 2.45) is 0 Å². The largest absolute Gasteiger partial charge is 0.121 e. The van der Waals surface area contributed by atoms with E-state index in [0.717, 1.165) is 20.2 Å². The van der Waals surface area contributed by atoms with Crippen LogP contribution in [0.3, 0.4) is 0 Å². The molecule has 0 bridgehead atoms. The first kappa shape index (κ1) is 9.21. The van der Waals surface area contributed by atoms with Crippen molar-refractivity contribution < 1.29 is 0 Å². The summed E-state index contributed by atoms with van der Waals surface area (Å²) < 4.78 is 0. The molecule has 1 heteroatoms. The summed E-state index contributed by atoms with van der Waals surface area (Å²) in [5.41, 5.74) is 2.54. The molecule has 3 atom stereocenters. The molecule has 0 aliphatic heterocycles. The van der Waals surface area contributed by atoms with E-state index in [1.54, 1.807) is 5.56 Å². The van der Waals surface area contributed by atoms with Crippen molar-refractivity contribution in [2.75, 3.05) is 6.66 Å². The Morgan fingerprint density at radius 1 is 1.15 bits per heavy atom. The van der Waals surface area contributed by atoms with Crippen LogP contribution in [0.1, 0.15) is 30.7 Å². The Labute approximate surface area is 82.5 Å². The molecule has 0 saturated heterocycles.